The highest BCUT2D eigenvalue weighted by atomic mass is 16.5. The van der Waals surface area contributed by atoms with Crippen molar-refractivity contribution in [2.75, 3.05) is 18.6 Å². The topological polar surface area (TPSA) is 77.7 Å². The summed E-state index contributed by atoms with van der Waals surface area (Å²) >= 11 is 0. The Kier molecular flexibility index (Phi) is 4.74. The molecule has 2 aromatic carbocycles. The van der Waals surface area contributed by atoms with Gasteiger partial charge in [-0.05, 0) is 55.0 Å². The number of anilines is 1. The fraction of sp³-hybridized carbons (Fsp3) is 0.250. The molecule has 0 aliphatic carbocycles. The first kappa shape index (κ1) is 17.1. The van der Waals surface area contributed by atoms with E-state index in [1.54, 1.807) is 12.0 Å². The Morgan fingerprint density at radius 1 is 1.04 bits per heavy atom. The molecule has 7 nitrogen and oxygen atoms in total. The molecule has 27 heavy (non-hydrogen) atoms. The molecule has 0 spiro atoms. The smallest absolute Gasteiger partial charge is 0.254 e. The lowest BCUT2D eigenvalue weighted by atomic mass is 10.2. The minimum absolute atomic E-state index is 0.167. The van der Waals surface area contributed by atoms with Crippen molar-refractivity contribution in [2.24, 2.45) is 0 Å². The minimum atomic E-state index is 0.167. The van der Waals surface area contributed by atoms with Gasteiger partial charge in [-0.2, -0.15) is 0 Å². The Morgan fingerprint density at radius 2 is 1.78 bits per heavy atom. The molecule has 0 unspecified atom stereocenters. The minimum Gasteiger partial charge on any atom is -0.497 e. The fourth-order valence-corrected chi connectivity index (χ4v) is 2.95. The summed E-state index contributed by atoms with van der Waals surface area (Å²) in [6, 6.07) is 14.8. The van der Waals surface area contributed by atoms with Crippen LogP contribution in [-0.4, -0.2) is 29.8 Å². The van der Waals surface area contributed by atoms with Crippen molar-refractivity contribution in [2.45, 2.75) is 19.4 Å². The van der Waals surface area contributed by atoms with Gasteiger partial charge in [-0.3, -0.25) is 4.79 Å². The third-order valence-corrected chi connectivity index (χ3v) is 4.39. The van der Waals surface area contributed by atoms with Gasteiger partial charge in [-0.1, -0.05) is 0 Å². The summed E-state index contributed by atoms with van der Waals surface area (Å²) in [4.78, 5) is 13.6. The molecule has 0 atom stereocenters. The molecule has 1 saturated heterocycles. The van der Waals surface area contributed by atoms with Crippen LogP contribution in [0.1, 0.15) is 18.7 Å². The number of rotatable bonds is 6. The lowest BCUT2D eigenvalue weighted by Crippen LogP contribution is -2.23. The van der Waals surface area contributed by atoms with E-state index in [9.17, 15) is 4.79 Å². The van der Waals surface area contributed by atoms with Crippen LogP contribution in [0.15, 0.2) is 52.9 Å². The van der Waals surface area contributed by atoms with Gasteiger partial charge in [-0.15, -0.1) is 10.2 Å². The van der Waals surface area contributed by atoms with E-state index in [0.717, 1.165) is 30.0 Å². The molecule has 3 aromatic rings. The molecule has 1 fully saturated rings. The van der Waals surface area contributed by atoms with Gasteiger partial charge in [0.25, 0.3) is 5.89 Å². The molecule has 7 heteroatoms. The Bertz CT molecular complexity index is 919. The summed E-state index contributed by atoms with van der Waals surface area (Å²) in [6.07, 6.45) is 1.52. The number of methoxy groups -OCH3 is 1. The first-order chi connectivity index (χ1) is 13.2. The van der Waals surface area contributed by atoms with E-state index in [1.807, 2.05) is 48.5 Å². The van der Waals surface area contributed by atoms with Gasteiger partial charge in [0, 0.05) is 24.2 Å². The van der Waals surface area contributed by atoms with Crippen molar-refractivity contribution >= 4 is 11.6 Å². The van der Waals surface area contributed by atoms with Gasteiger partial charge in [0.1, 0.15) is 11.5 Å². The van der Waals surface area contributed by atoms with Crippen LogP contribution in [0.2, 0.25) is 0 Å². The van der Waals surface area contributed by atoms with Gasteiger partial charge < -0.3 is 18.8 Å². The molecule has 0 radical (unpaired) electrons. The van der Waals surface area contributed by atoms with Crippen LogP contribution >= 0.6 is 0 Å². The summed E-state index contributed by atoms with van der Waals surface area (Å²) in [5.74, 6) is 2.43. The van der Waals surface area contributed by atoms with Crippen molar-refractivity contribution in [1.82, 2.24) is 10.2 Å². The first-order valence-electron chi connectivity index (χ1n) is 8.73. The van der Waals surface area contributed by atoms with Gasteiger partial charge >= 0.3 is 0 Å². The third-order valence-electron chi connectivity index (χ3n) is 4.39. The van der Waals surface area contributed by atoms with Crippen molar-refractivity contribution in [1.29, 1.82) is 0 Å². The van der Waals surface area contributed by atoms with Gasteiger partial charge in [0.05, 0.1) is 7.11 Å². The molecule has 1 aliphatic rings. The highest BCUT2D eigenvalue weighted by Gasteiger charge is 2.21. The number of hydrogen-bond donors (Lipinski definition) is 0. The second kappa shape index (κ2) is 7.49. The van der Waals surface area contributed by atoms with Crippen LogP contribution in [-0.2, 0) is 11.4 Å². The highest BCUT2D eigenvalue weighted by molar-refractivity contribution is 5.95. The maximum Gasteiger partial charge on any atom is 0.254 e. The quantitative estimate of drug-likeness (QED) is 0.666. The molecular formula is C20H19N3O4. The zero-order chi connectivity index (χ0) is 18.6. The van der Waals surface area contributed by atoms with Crippen molar-refractivity contribution in [3.8, 4) is 23.0 Å². The number of nitrogens with zero attached hydrogens (tertiary/aromatic N) is 3. The summed E-state index contributed by atoms with van der Waals surface area (Å²) in [5, 5.41) is 8.06. The summed E-state index contributed by atoms with van der Waals surface area (Å²) in [5.41, 5.74) is 1.71. The van der Waals surface area contributed by atoms with Crippen LogP contribution in [0, 0.1) is 0 Å². The predicted molar refractivity (Wildman–Crippen MR) is 98.6 cm³/mol. The Morgan fingerprint density at radius 3 is 2.44 bits per heavy atom. The zero-order valence-corrected chi connectivity index (χ0v) is 14.9. The van der Waals surface area contributed by atoms with E-state index < -0.39 is 0 Å². The van der Waals surface area contributed by atoms with E-state index in [0.29, 0.717) is 24.0 Å². The largest absolute Gasteiger partial charge is 0.497 e. The van der Waals surface area contributed by atoms with Crippen molar-refractivity contribution in [3.63, 3.8) is 0 Å². The van der Waals surface area contributed by atoms with E-state index in [4.69, 9.17) is 13.9 Å². The second-order valence-corrected chi connectivity index (χ2v) is 6.16. The fourth-order valence-electron chi connectivity index (χ4n) is 2.95. The van der Waals surface area contributed by atoms with Crippen LogP contribution in [0.4, 0.5) is 5.69 Å². The summed E-state index contributed by atoms with van der Waals surface area (Å²) < 4.78 is 16.5. The van der Waals surface area contributed by atoms with Crippen LogP contribution in [0.3, 0.4) is 0 Å². The molecule has 0 saturated carbocycles. The number of benzene rings is 2. The molecule has 1 aromatic heterocycles. The number of hydrogen-bond acceptors (Lipinski definition) is 6. The van der Waals surface area contributed by atoms with Crippen LogP contribution < -0.4 is 14.4 Å². The highest BCUT2D eigenvalue weighted by Crippen LogP contribution is 2.25. The molecule has 4 rings (SSSR count). The van der Waals surface area contributed by atoms with Crippen LogP contribution in [0.5, 0.6) is 11.5 Å². The van der Waals surface area contributed by atoms with E-state index in [1.165, 1.54) is 0 Å². The monoisotopic (exact) mass is 365 g/mol. The Balaban J connectivity index is 1.37. The molecule has 1 aliphatic heterocycles. The Hall–Kier alpha value is -3.35. The zero-order valence-electron chi connectivity index (χ0n) is 14.9. The van der Waals surface area contributed by atoms with Gasteiger partial charge in [0.15, 0.2) is 6.61 Å². The number of aromatic nitrogens is 2. The second-order valence-electron chi connectivity index (χ2n) is 6.16. The Labute approximate surface area is 156 Å². The van der Waals surface area contributed by atoms with E-state index in [2.05, 4.69) is 10.2 Å². The maximum atomic E-state index is 11.8. The average molecular weight is 365 g/mol. The molecule has 138 valence electrons. The van der Waals surface area contributed by atoms with E-state index in [-0.39, 0.29) is 12.5 Å². The van der Waals surface area contributed by atoms with Gasteiger partial charge in [-0.25, -0.2) is 0 Å². The molecule has 2 heterocycles. The summed E-state index contributed by atoms with van der Waals surface area (Å²) in [6.45, 7) is 0.945. The number of carbonyl (C=O) groups excluding carboxylic acids is 1. The average Bonchev–Trinajstić information content (AvgIpc) is 3.36. The number of amides is 1. The standard InChI is InChI=1S/C20H19N3O4/c1-25-16-8-4-14(5-9-16)20-22-21-18(27-20)13-26-17-10-6-15(7-11-17)23-12-2-3-19(23)24/h4-11H,2-3,12-13H2,1H3. The van der Waals surface area contributed by atoms with Crippen molar-refractivity contribution < 1.29 is 18.7 Å². The lowest BCUT2D eigenvalue weighted by Gasteiger charge is -2.15. The SMILES string of the molecule is COc1ccc(-c2nnc(COc3ccc(N4CCCC4=O)cc3)o2)cc1. The number of ether oxygens (including phenoxy) is 2. The van der Waals surface area contributed by atoms with E-state index >= 15 is 0 Å². The lowest BCUT2D eigenvalue weighted by molar-refractivity contribution is -0.117. The molecular weight excluding hydrogens is 346 g/mol. The predicted octanol–water partition coefficient (Wildman–Crippen LogP) is 3.45. The maximum absolute atomic E-state index is 11.8. The van der Waals surface area contributed by atoms with Crippen LogP contribution in [0.25, 0.3) is 11.5 Å². The first-order valence-corrected chi connectivity index (χ1v) is 8.73. The summed E-state index contributed by atoms with van der Waals surface area (Å²) in [7, 11) is 1.62. The van der Waals surface area contributed by atoms with Gasteiger partial charge in [0.2, 0.25) is 11.8 Å². The third kappa shape index (κ3) is 3.76. The van der Waals surface area contributed by atoms with Crippen molar-refractivity contribution in [3.05, 3.63) is 54.4 Å². The molecule has 0 N–H and O–H groups in total. The molecule has 1 amide bonds. The normalized spacial score (nSPS) is 13.8. The number of carbonyl (C=O) groups is 1. The molecule has 0 bridgehead atoms.